The van der Waals surface area contributed by atoms with Gasteiger partial charge in [0.2, 0.25) is 0 Å². The van der Waals surface area contributed by atoms with Crippen molar-refractivity contribution in [2.75, 3.05) is 5.32 Å². The second kappa shape index (κ2) is 7.16. The van der Waals surface area contributed by atoms with Crippen LogP contribution in [-0.2, 0) is 16.1 Å². The maximum absolute atomic E-state index is 11.1. The Hall–Kier alpha value is -2.73. The fourth-order valence-electron chi connectivity index (χ4n) is 2.06. The van der Waals surface area contributed by atoms with E-state index in [4.69, 9.17) is 11.2 Å². The highest BCUT2D eigenvalue weighted by molar-refractivity contribution is 5.66. The van der Waals surface area contributed by atoms with Crippen LogP contribution in [0.3, 0.4) is 0 Å². The monoisotopic (exact) mass is 279 g/mol. The maximum Gasteiger partial charge on any atom is 0.304 e. The minimum atomic E-state index is -0.656. The summed E-state index contributed by atoms with van der Waals surface area (Å²) < 4.78 is 5.18. The van der Waals surface area contributed by atoms with Crippen LogP contribution < -0.4 is 5.32 Å². The van der Waals surface area contributed by atoms with E-state index >= 15 is 0 Å². The van der Waals surface area contributed by atoms with Crippen molar-refractivity contribution >= 4 is 11.7 Å². The molecule has 0 saturated carbocycles. The molecular formula is C18H17NO2. The van der Waals surface area contributed by atoms with Gasteiger partial charge in [-0.2, -0.15) is 0 Å². The number of hydrogen-bond acceptors (Lipinski definition) is 3. The lowest BCUT2D eigenvalue weighted by molar-refractivity contribution is -0.144. The van der Waals surface area contributed by atoms with Gasteiger partial charge < -0.3 is 10.1 Å². The molecule has 3 nitrogen and oxygen atoms in total. The van der Waals surface area contributed by atoms with Crippen molar-refractivity contribution in [1.29, 1.82) is 0 Å². The first-order valence-electron chi connectivity index (χ1n) is 6.71. The van der Waals surface area contributed by atoms with Crippen molar-refractivity contribution < 1.29 is 9.53 Å². The molecule has 3 heteroatoms. The quantitative estimate of drug-likeness (QED) is 0.672. The Morgan fingerprint density at radius 3 is 2.52 bits per heavy atom. The first-order valence-corrected chi connectivity index (χ1v) is 6.71. The molecule has 21 heavy (non-hydrogen) atoms. The first-order chi connectivity index (χ1) is 10.2. The number of benzene rings is 2. The molecule has 0 aromatic heterocycles. The molecule has 0 fully saturated rings. The summed E-state index contributed by atoms with van der Waals surface area (Å²) in [5, 5.41) is 3.32. The first kappa shape index (κ1) is 14.7. The number of esters is 1. The minimum Gasteiger partial charge on any atom is -0.444 e. The van der Waals surface area contributed by atoms with E-state index in [0.29, 0.717) is 6.54 Å². The van der Waals surface area contributed by atoms with Crippen LogP contribution in [0.2, 0.25) is 0 Å². The fraction of sp³-hybridized carbons (Fsp3) is 0.167. The lowest BCUT2D eigenvalue weighted by atomic mass is 10.0. The molecule has 0 radical (unpaired) electrons. The highest BCUT2D eigenvalue weighted by Crippen LogP contribution is 2.22. The van der Waals surface area contributed by atoms with Crippen LogP contribution in [0, 0.1) is 12.3 Å². The van der Waals surface area contributed by atoms with Gasteiger partial charge in [0.15, 0.2) is 6.10 Å². The van der Waals surface area contributed by atoms with Crippen LogP contribution in [0.4, 0.5) is 5.69 Å². The van der Waals surface area contributed by atoms with E-state index in [2.05, 4.69) is 11.2 Å². The second-order valence-electron chi connectivity index (χ2n) is 4.57. The molecule has 2 aromatic carbocycles. The van der Waals surface area contributed by atoms with Crippen LogP contribution in [0.5, 0.6) is 0 Å². The summed E-state index contributed by atoms with van der Waals surface area (Å²) in [6, 6.07) is 17.6. The van der Waals surface area contributed by atoms with Gasteiger partial charge in [-0.3, -0.25) is 4.79 Å². The van der Waals surface area contributed by atoms with Gasteiger partial charge in [0.05, 0.1) is 0 Å². The Bertz CT molecular complexity index is 644. The van der Waals surface area contributed by atoms with Crippen LogP contribution in [0.1, 0.15) is 24.2 Å². The van der Waals surface area contributed by atoms with Gasteiger partial charge >= 0.3 is 5.97 Å². The smallest absolute Gasteiger partial charge is 0.304 e. The molecule has 0 heterocycles. The number of ether oxygens (including phenoxy) is 1. The van der Waals surface area contributed by atoms with Gasteiger partial charge in [0.1, 0.15) is 0 Å². The third-order valence-electron chi connectivity index (χ3n) is 3.03. The lowest BCUT2D eigenvalue weighted by Crippen LogP contribution is -2.11. The van der Waals surface area contributed by atoms with E-state index in [0.717, 1.165) is 16.8 Å². The number of nitrogens with one attached hydrogen (secondary N) is 1. The molecule has 106 valence electrons. The number of carbonyl (C=O) groups is 1. The van der Waals surface area contributed by atoms with Crippen molar-refractivity contribution in [1.82, 2.24) is 0 Å². The Balaban J connectivity index is 2.16. The van der Waals surface area contributed by atoms with Crippen LogP contribution >= 0.6 is 0 Å². The Labute approximate surface area is 125 Å². The summed E-state index contributed by atoms with van der Waals surface area (Å²) in [6.45, 7) is 1.97. The van der Waals surface area contributed by atoms with Crippen molar-refractivity contribution in [2.24, 2.45) is 0 Å². The summed E-state index contributed by atoms with van der Waals surface area (Å²) in [5.41, 5.74) is 2.86. The highest BCUT2D eigenvalue weighted by Gasteiger charge is 2.15. The van der Waals surface area contributed by atoms with E-state index in [9.17, 15) is 4.79 Å². The molecule has 0 saturated heterocycles. The predicted molar refractivity (Wildman–Crippen MR) is 83.6 cm³/mol. The lowest BCUT2D eigenvalue weighted by Gasteiger charge is -2.16. The van der Waals surface area contributed by atoms with Gasteiger partial charge in [0, 0.05) is 24.7 Å². The molecule has 2 rings (SSSR count). The van der Waals surface area contributed by atoms with Crippen molar-refractivity contribution in [2.45, 2.75) is 19.6 Å². The summed E-state index contributed by atoms with van der Waals surface area (Å²) in [5.74, 6) is 2.13. The van der Waals surface area contributed by atoms with Gasteiger partial charge in [-0.05, 0) is 17.7 Å². The number of rotatable bonds is 5. The van der Waals surface area contributed by atoms with Crippen molar-refractivity contribution in [3.8, 4) is 12.3 Å². The largest absolute Gasteiger partial charge is 0.444 e. The Morgan fingerprint density at radius 2 is 1.86 bits per heavy atom. The second-order valence-corrected chi connectivity index (χ2v) is 4.57. The summed E-state index contributed by atoms with van der Waals surface area (Å²) in [6.07, 6.45) is 4.83. The normalized spacial score (nSPS) is 11.2. The SMILES string of the molecule is C#CC(OC(C)=O)c1ccccc1CNc1ccccc1. The van der Waals surface area contributed by atoms with Gasteiger partial charge in [0.25, 0.3) is 0 Å². The van der Waals surface area contributed by atoms with Gasteiger partial charge in [-0.1, -0.05) is 48.4 Å². The average molecular weight is 279 g/mol. The van der Waals surface area contributed by atoms with Gasteiger partial charge in [-0.15, -0.1) is 6.42 Å². The fourth-order valence-corrected chi connectivity index (χ4v) is 2.06. The molecule has 1 atom stereocenters. The highest BCUT2D eigenvalue weighted by atomic mass is 16.5. The number of terminal acetylenes is 1. The number of para-hydroxylation sites is 1. The summed E-state index contributed by atoms with van der Waals surface area (Å²) in [4.78, 5) is 11.1. The number of anilines is 1. The van der Waals surface area contributed by atoms with E-state index in [1.165, 1.54) is 6.92 Å². The molecule has 1 unspecified atom stereocenters. The third-order valence-corrected chi connectivity index (χ3v) is 3.03. The van der Waals surface area contributed by atoms with E-state index in [1.807, 2.05) is 54.6 Å². The molecule has 0 aliphatic carbocycles. The van der Waals surface area contributed by atoms with Crippen molar-refractivity contribution in [3.05, 3.63) is 65.7 Å². The molecule has 0 aliphatic heterocycles. The van der Waals surface area contributed by atoms with Crippen LogP contribution in [-0.4, -0.2) is 5.97 Å². The Kier molecular flexibility index (Phi) is 5.00. The molecule has 1 N–H and O–H groups in total. The van der Waals surface area contributed by atoms with Crippen molar-refractivity contribution in [3.63, 3.8) is 0 Å². The third kappa shape index (κ3) is 4.12. The zero-order chi connectivity index (χ0) is 15.1. The molecule has 2 aromatic rings. The van der Waals surface area contributed by atoms with Crippen LogP contribution in [0.25, 0.3) is 0 Å². The molecule has 0 amide bonds. The van der Waals surface area contributed by atoms with Gasteiger partial charge in [-0.25, -0.2) is 0 Å². The van der Waals surface area contributed by atoms with E-state index in [-0.39, 0.29) is 5.97 Å². The van der Waals surface area contributed by atoms with E-state index in [1.54, 1.807) is 0 Å². The number of carbonyl (C=O) groups excluding carboxylic acids is 1. The zero-order valence-corrected chi connectivity index (χ0v) is 11.9. The Morgan fingerprint density at radius 1 is 1.19 bits per heavy atom. The topological polar surface area (TPSA) is 38.3 Å². The standard InChI is InChI=1S/C18H17NO2/c1-3-18(21-14(2)20)17-12-8-7-9-15(17)13-19-16-10-5-4-6-11-16/h1,4-12,18-19H,13H2,2H3. The number of hydrogen-bond donors (Lipinski definition) is 1. The molecule has 0 aliphatic rings. The predicted octanol–water partition coefficient (Wildman–Crippen LogP) is 3.54. The summed E-state index contributed by atoms with van der Waals surface area (Å²) in [7, 11) is 0. The summed E-state index contributed by atoms with van der Waals surface area (Å²) >= 11 is 0. The zero-order valence-electron chi connectivity index (χ0n) is 11.9. The molecule has 0 bridgehead atoms. The average Bonchev–Trinajstić information content (AvgIpc) is 2.52. The van der Waals surface area contributed by atoms with Crippen LogP contribution in [0.15, 0.2) is 54.6 Å². The van der Waals surface area contributed by atoms with E-state index < -0.39 is 6.10 Å². The maximum atomic E-state index is 11.1. The minimum absolute atomic E-state index is 0.385. The molecule has 0 spiro atoms. The molecular weight excluding hydrogens is 262 g/mol.